The fraction of sp³-hybridized carbons (Fsp3) is 0.412. The van der Waals surface area contributed by atoms with Gasteiger partial charge >= 0.3 is 0 Å². The number of hydrogen-bond acceptors (Lipinski definition) is 4. The number of nitrogens with zero attached hydrogens (tertiary/aromatic N) is 2. The number of methoxy groups -OCH3 is 1. The second-order valence-corrected chi connectivity index (χ2v) is 6.72. The zero-order chi connectivity index (χ0) is 17.7. The Morgan fingerprint density at radius 3 is 2.64 bits per heavy atom. The summed E-state index contributed by atoms with van der Waals surface area (Å²) in [5.74, 6) is 0.507. The molecule has 1 unspecified atom stereocenters. The van der Waals surface area contributed by atoms with Crippen LogP contribution in [-0.4, -0.2) is 25.1 Å². The third kappa shape index (κ3) is 5.81. The number of nitrogens with one attached hydrogen (secondary N) is 2. The first kappa shape index (κ1) is 21.6. The highest BCUT2D eigenvalue weighted by atomic mass is 127. The van der Waals surface area contributed by atoms with Crippen LogP contribution in [-0.2, 0) is 6.54 Å². The van der Waals surface area contributed by atoms with E-state index in [4.69, 9.17) is 4.74 Å². The summed E-state index contributed by atoms with van der Waals surface area (Å²) in [6.45, 7) is 6.61. The highest BCUT2D eigenvalue weighted by Gasteiger charge is 2.12. The van der Waals surface area contributed by atoms with E-state index in [0.717, 1.165) is 16.3 Å². The molecule has 8 heteroatoms. The number of rotatable bonds is 5. The molecule has 0 saturated heterocycles. The molecule has 1 aromatic heterocycles. The van der Waals surface area contributed by atoms with Gasteiger partial charge in [-0.25, -0.2) is 9.37 Å². The lowest BCUT2D eigenvalue weighted by molar-refractivity contribution is 0.386. The Morgan fingerprint density at radius 1 is 1.40 bits per heavy atom. The van der Waals surface area contributed by atoms with Gasteiger partial charge in [0.1, 0.15) is 5.01 Å². The maximum absolute atomic E-state index is 13.8. The lowest BCUT2D eigenvalue weighted by atomic mass is 10.1. The number of ether oxygens (including phenoxy) is 1. The van der Waals surface area contributed by atoms with E-state index < -0.39 is 0 Å². The van der Waals surface area contributed by atoms with Crippen LogP contribution in [0.4, 0.5) is 4.39 Å². The van der Waals surface area contributed by atoms with E-state index in [9.17, 15) is 4.39 Å². The molecule has 2 N–H and O–H groups in total. The summed E-state index contributed by atoms with van der Waals surface area (Å²) in [5.41, 5.74) is 1.87. The maximum Gasteiger partial charge on any atom is 0.191 e. The normalized spacial score (nSPS) is 12.3. The van der Waals surface area contributed by atoms with Gasteiger partial charge in [-0.2, -0.15) is 0 Å². The molecule has 2 aromatic rings. The lowest BCUT2D eigenvalue weighted by Gasteiger charge is -2.18. The SMILES string of the molecule is CN=C(NCc1nc(C)c(C)s1)NC(C)c1ccc(OC)c(F)c1.I. The van der Waals surface area contributed by atoms with Gasteiger partial charge < -0.3 is 15.4 Å². The van der Waals surface area contributed by atoms with E-state index in [1.54, 1.807) is 24.5 Å². The van der Waals surface area contributed by atoms with Crippen molar-refractivity contribution in [1.82, 2.24) is 15.6 Å². The summed E-state index contributed by atoms with van der Waals surface area (Å²) in [6, 6.07) is 4.83. The van der Waals surface area contributed by atoms with Crippen LogP contribution in [0.25, 0.3) is 0 Å². The number of aliphatic imine (C=N–C) groups is 1. The molecule has 0 radical (unpaired) electrons. The minimum Gasteiger partial charge on any atom is -0.494 e. The van der Waals surface area contributed by atoms with Crippen LogP contribution in [0.2, 0.25) is 0 Å². The van der Waals surface area contributed by atoms with E-state index in [1.165, 1.54) is 18.1 Å². The lowest BCUT2D eigenvalue weighted by Crippen LogP contribution is -2.38. The highest BCUT2D eigenvalue weighted by molar-refractivity contribution is 14.0. The fourth-order valence-electron chi connectivity index (χ4n) is 2.21. The van der Waals surface area contributed by atoms with Crippen molar-refractivity contribution in [3.63, 3.8) is 0 Å². The first-order valence-corrected chi connectivity index (χ1v) is 8.49. The van der Waals surface area contributed by atoms with Gasteiger partial charge in [0.05, 0.1) is 25.4 Å². The molecule has 1 atom stereocenters. The summed E-state index contributed by atoms with van der Waals surface area (Å²) >= 11 is 1.67. The molecule has 138 valence electrons. The van der Waals surface area contributed by atoms with Gasteiger partial charge in [-0.1, -0.05) is 6.07 Å². The molecule has 0 fully saturated rings. The first-order valence-electron chi connectivity index (χ1n) is 7.68. The number of thiazole rings is 1. The molecule has 0 aliphatic heterocycles. The molecule has 0 saturated carbocycles. The summed E-state index contributed by atoms with van der Waals surface area (Å²) in [7, 11) is 3.16. The van der Waals surface area contributed by atoms with Gasteiger partial charge in [0.25, 0.3) is 0 Å². The molecule has 0 aliphatic rings. The summed E-state index contributed by atoms with van der Waals surface area (Å²) in [4.78, 5) is 9.92. The fourth-order valence-corrected chi connectivity index (χ4v) is 3.08. The number of aryl methyl sites for hydroxylation is 2. The Morgan fingerprint density at radius 2 is 2.12 bits per heavy atom. The number of guanidine groups is 1. The van der Waals surface area contributed by atoms with Crippen LogP contribution in [0.5, 0.6) is 5.75 Å². The molecular formula is C17H24FIN4OS. The number of halogens is 2. The second-order valence-electron chi connectivity index (χ2n) is 5.43. The summed E-state index contributed by atoms with van der Waals surface area (Å²) < 4.78 is 18.8. The smallest absolute Gasteiger partial charge is 0.191 e. The Hall–Kier alpha value is -1.42. The second kappa shape index (κ2) is 9.91. The zero-order valence-corrected chi connectivity index (χ0v) is 18.2. The van der Waals surface area contributed by atoms with Crippen molar-refractivity contribution in [3.8, 4) is 5.75 Å². The average Bonchev–Trinajstić information content (AvgIpc) is 2.89. The van der Waals surface area contributed by atoms with Crippen molar-refractivity contribution in [3.05, 3.63) is 45.2 Å². The van der Waals surface area contributed by atoms with Crippen LogP contribution in [0, 0.1) is 19.7 Å². The Balaban J connectivity index is 0.00000312. The van der Waals surface area contributed by atoms with Crippen molar-refractivity contribution < 1.29 is 9.13 Å². The molecule has 5 nitrogen and oxygen atoms in total. The van der Waals surface area contributed by atoms with Gasteiger partial charge in [0.15, 0.2) is 17.5 Å². The number of aromatic nitrogens is 1. The monoisotopic (exact) mass is 478 g/mol. The van der Waals surface area contributed by atoms with E-state index >= 15 is 0 Å². The van der Waals surface area contributed by atoms with Crippen LogP contribution in [0.15, 0.2) is 23.2 Å². The van der Waals surface area contributed by atoms with Crippen molar-refractivity contribution >= 4 is 41.3 Å². The highest BCUT2D eigenvalue weighted by Crippen LogP contribution is 2.21. The summed E-state index contributed by atoms with van der Waals surface area (Å²) in [5, 5.41) is 7.49. The molecule has 1 heterocycles. The van der Waals surface area contributed by atoms with Gasteiger partial charge in [-0.05, 0) is 38.5 Å². The zero-order valence-electron chi connectivity index (χ0n) is 15.0. The molecule has 2 rings (SSSR count). The van der Waals surface area contributed by atoms with Crippen LogP contribution >= 0.6 is 35.3 Å². The Kier molecular flexibility index (Phi) is 8.57. The van der Waals surface area contributed by atoms with Crippen LogP contribution < -0.4 is 15.4 Å². The van der Waals surface area contributed by atoms with Gasteiger partial charge in [0.2, 0.25) is 0 Å². The summed E-state index contributed by atoms with van der Waals surface area (Å²) in [6.07, 6.45) is 0. The topological polar surface area (TPSA) is 58.5 Å². The minimum absolute atomic E-state index is 0. The van der Waals surface area contributed by atoms with Crippen molar-refractivity contribution in [1.29, 1.82) is 0 Å². The van der Waals surface area contributed by atoms with Gasteiger partial charge in [-0.3, -0.25) is 4.99 Å². The van der Waals surface area contributed by atoms with E-state index in [1.807, 2.05) is 19.9 Å². The van der Waals surface area contributed by atoms with Gasteiger partial charge in [-0.15, -0.1) is 35.3 Å². The predicted octanol–water partition coefficient (Wildman–Crippen LogP) is 3.95. The van der Waals surface area contributed by atoms with E-state index in [2.05, 4.69) is 27.5 Å². The van der Waals surface area contributed by atoms with Crippen LogP contribution in [0.1, 0.15) is 34.1 Å². The molecule has 1 aromatic carbocycles. The van der Waals surface area contributed by atoms with Crippen molar-refractivity contribution in [2.75, 3.05) is 14.2 Å². The minimum atomic E-state index is -0.375. The standard InChI is InChI=1S/C17H23FN4OS.HI/c1-10-12(3)24-16(21-10)9-20-17(19-4)22-11(2)13-6-7-15(23-5)14(18)8-13;/h6-8,11H,9H2,1-5H3,(H2,19,20,22);1H. The quantitative estimate of drug-likeness (QED) is 0.388. The number of hydrogen-bond donors (Lipinski definition) is 2. The maximum atomic E-state index is 13.8. The van der Waals surface area contributed by atoms with E-state index in [-0.39, 0.29) is 41.6 Å². The number of benzene rings is 1. The Bertz CT molecular complexity index is 716. The Labute approximate surface area is 169 Å². The molecule has 25 heavy (non-hydrogen) atoms. The van der Waals surface area contributed by atoms with Gasteiger partial charge in [0, 0.05) is 11.9 Å². The molecule has 0 amide bonds. The largest absolute Gasteiger partial charge is 0.494 e. The average molecular weight is 478 g/mol. The third-order valence-electron chi connectivity index (χ3n) is 3.73. The van der Waals surface area contributed by atoms with Crippen LogP contribution in [0.3, 0.4) is 0 Å². The van der Waals surface area contributed by atoms with Crippen molar-refractivity contribution in [2.45, 2.75) is 33.4 Å². The predicted molar refractivity (Wildman–Crippen MR) is 112 cm³/mol. The molecule has 0 aliphatic carbocycles. The first-order chi connectivity index (χ1) is 11.4. The molecule has 0 bridgehead atoms. The molecule has 0 spiro atoms. The van der Waals surface area contributed by atoms with Crippen molar-refractivity contribution in [2.24, 2.45) is 4.99 Å². The molecular weight excluding hydrogens is 454 g/mol. The third-order valence-corrected chi connectivity index (χ3v) is 4.81. The van der Waals surface area contributed by atoms with E-state index in [0.29, 0.717) is 12.5 Å².